The monoisotopic (exact) mass is 238 g/mol. The number of ether oxygens (including phenoxy) is 1. The Morgan fingerprint density at radius 3 is 2.94 bits per heavy atom. The molecule has 0 saturated carbocycles. The van der Waals surface area contributed by atoms with Crippen molar-refractivity contribution in [2.75, 3.05) is 26.8 Å². The lowest BCUT2D eigenvalue weighted by Gasteiger charge is -2.36. The van der Waals surface area contributed by atoms with E-state index < -0.39 is 0 Å². The van der Waals surface area contributed by atoms with E-state index in [0.29, 0.717) is 19.7 Å². The molecule has 3 nitrogen and oxygen atoms in total. The highest BCUT2D eigenvalue weighted by Gasteiger charge is 2.37. The van der Waals surface area contributed by atoms with Gasteiger partial charge in [-0.05, 0) is 31.2 Å². The third-order valence-corrected chi connectivity index (χ3v) is 3.58. The summed E-state index contributed by atoms with van der Waals surface area (Å²) in [5.41, 5.74) is 6.73. The van der Waals surface area contributed by atoms with Gasteiger partial charge in [0.2, 0.25) is 0 Å². The maximum Gasteiger partial charge on any atom is 0.123 e. The molecule has 1 saturated heterocycles. The van der Waals surface area contributed by atoms with Gasteiger partial charge in [0, 0.05) is 19.7 Å². The average molecular weight is 238 g/mol. The van der Waals surface area contributed by atoms with Crippen LogP contribution >= 0.6 is 0 Å². The molecular weight excluding hydrogens is 219 g/mol. The van der Waals surface area contributed by atoms with Crippen LogP contribution in [-0.2, 0) is 11.3 Å². The SMILES string of the molecule is CN(Cc1cccc(F)c1)C1(CN)CCOC1. The molecule has 1 aliphatic heterocycles. The summed E-state index contributed by atoms with van der Waals surface area (Å²) in [5, 5.41) is 0. The summed E-state index contributed by atoms with van der Waals surface area (Å²) in [5.74, 6) is -0.194. The van der Waals surface area contributed by atoms with E-state index in [2.05, 4.69) is 4.90 Å². The van der Waals surface area contributed by atoms with Gasteiger partial charge < -0.3 is 10.5 Å². The summed E-state index contributed by atoms with van der Waals surface area (Å²) >= 11 is 0. The smallest absolute Gasteiger partial charge is 0.123 e. The highest BCUT2D eigenvalue weighted by molar-refractivity contribution is 5.16. The Morgan fingerprint density at radius 2 is 2.35 bits per heavy atom. The Bertz CT molecular complexity index is 377. The standard InChI is InChI=1S/C13H19FN2O/c1-16(13(9-15)5-6-17-10-13)8-11-3-2-4-12(14)7-11/h2-4,7H,5-6,8-10,15H2,1H3. The van der Waals surface area contributed by atoms with Crippen molar-refractivity contribution >= 4 is 0 Å². The molecule has 94 valence electrons. The summed E-state index contributed by atoms with van der Waals surface area (Å²) in [7, 11) is 2.02. The van der Waals surface area contributed by atoms with Crippen LogP contribution in [0.1, 0.15) is 12.0 Å². The minimum Gasteiger partial charge on any atom is -0.379 e. The van der Waals surface area contributed by atoms with Crippen molar-refractivity contribution in [2.45, 2.75) is 18.5 Å². The van der Waals surface area contributed by atoms with Gasteiger partial charge in [0.15, 0.2) is 0 Å². The minimum absolute atomic E-state index is 0.0910. The number of hydrogen-bond donors (Lipinski definition) is 1. The van der Waals surface area contributed by atoms with Crippen LogP contribution in [-0.4, -0.2) is 37.2 Å². The van der Waals surface area contributed by atoms with Crippen LogP contribution in [0.3, 0.4) is 0 Å². The number of hydrogen-bond acceptors (Lipinski definition) is 3. The third-order valence-electron chi connectivity index (χ3n) is 3.58. The number of rotatable bonds is 4. The summed E-state index contributed by atoms with van der Waals surface area (Å²) in [6.07, 6.45) is 0.940. The first-order chi connectivity index (χ1) is 8.16. The molecule has 0 aliphatic carbocycles. The minimum atomic E-state index is -0.194. The molecule has 1 aliphatic rings. The lowest BCUT2D eigenvalue weighted by molar-refractivity contribution is 0.0882. The maximum absolute atomic E-state index is 13.1. The van der Waals surface area contributed by atoms with Crippen LogP contribution in [0.4, 0.5) is 4.39 Å². The van der Waals surface area contributed by atoms with Crippen molar-refractivity contribution in [1.29, 1.82) is 0 Å². The van der Waals surface area contributed by atoms with Gasteiger partial charge in [0.25, 0.3) is 0 Å². The molecule has 1 aromatic carbocycles. The van der Waals surface area contributed by atoms with Crippen LogP contribution in [0.5, 0.6) is 0 Å². The molecule has 0 spiro atoms. The lowest BCUT2D eigenvalue weighted by atomic mass is 9.96. The highest BCUT2D eigenvalue weighted by Crippen LogP contribution is 2.25. The summed E-state index contributed by atoms with van der Waals surface area (Å²) in [6.45, 7) is 2.68. The maximum atomic E-state index is 13.1. The number of halogens is 1. The molecule has 4 heteroatoms. The van der Waals surface area contributed by atoms with Crippen molar-refractivity contribution in [1.82, 2.24) is 4.90 Å². The predicted molar refractivity (Wildman–Crippen MR) is 65.1 cm³/mol. The Morgan fingerprint density at radius 1 is 1.53 bits per heavy atom. The zero-order valence-corrected chi connectivity index (χ0v) is 10.2. The van der Waals surface area contributed by atoms with Crippen LogP contribution in [0, 0.1) is 5.82 Å². The second kappa shape index (κ2) is 5.12. The van der Waals surface area contributed by atoms with Gasteiger partial charge in [-0.1, -0.05) is 12.1 Å². The van der Waals surface area contributed by atoms with Gasteiger partial charge in [-0.15, -0.1) is 0 Å². The molecule has 0 bridgehead atoms. The lowest BCUT2D eigenvalue weighted by Crippen LogP contribution is -2.52. The second-order valence-corrected chi connectivity index (χ2v) is 4.72. The molecule has 1 heterocycles. The van der Waals surface area contributed by atoms with Crippen LogP contribution in [0.15, 0.2) is 24.3 Å². The topological polar surface area (TPSA) is 38.5 Å². The van der Waals surface area contributed by atoms with Gasteiger partial charge in [0.05, 0.1) is 12.1 Å². The summed E-state index contributed by atoms with van der Waals surface area (Å²) in [6, 6.07) is 6.69. The van der Waals surface area contributed by atoms with E-state index in [1.807, 2.05) is 13.1 Å². The van der Waals surface area contributed by atoms with E-state index in [0.717, 1.165) is 18.6 Å². The van der Waals surface area contributed by atoms with E-state index in [1.165, 1.54) is 6.07 Å². The van der Waals surface area contributed by atoms with Gasteiger partial charge in [0.1, 0.15) is 5.82 Å². The van der Waals surface area contributed by atoms with Crippen LogP contribution < -0.4 is 5.73 Å². The van der Waals surface area contributed by atoms with Crippen molar-refractivity contribution in [3.63, 3.8) is 0 Å². The number of nitrogens with two attached hydrogens (primary N) is 1. The number of nitrogens with zero attached hydrogens (tertiary/aromatic N) is 1. The molecule has 2 N–H and O–H groups in total. The van der Waals surface area contributed by atoms with E-state index in [-0.39, 0.29) is 11.4 Å². The van der Waals surface area contributed by atoms with Gasteiger partial charge in [-0.2, -0.15) is 0 Å². The fourth-order valence-corrected chi connectivity index (χ4v) is 2.29. The van der Waals surface area contributed by atoms with E-state index in [9.17, 15) is 4.39 Å². The molecule has 0 radical (unpaired) electrons. The quantitative estimate of drug-likeness (QED) is 0.861. The van der Waals surface area contributed by atoms with E-state index in [4.69, 9.17) is 10.5 Å². The fourth-order valence-electron chi connectivity index (χ4n) is 2.29. The Labute approximate surface area is 101 Å². The normalized spacial score (nSPS) is 24.5. The zero-order chi connectivity index (χ0) is 12.3. The summed E-state index contributed by atoms with van der Waals surface area (Å²) in [4.78, 5) is 2.18. The van der Waals surface area contributed by atoms with Crippen molar-refractivity contribution in [3.8, 4) is 0 Å². The summed E-state index contributed by atoms with van der Waals surface area (Å²) < 4.78 is 18.5. The van der Waals surface area contributed by atoms with Crippen molar-refractivity contribution in [3.05, 3.63) is 35.6 Å². The number of benzene rings is 1. The van der Waals surface area contributed by atoms with Crippen LogP contribution in [0.2, 0.25) is 0 Å². The molecular formula is C13H19FN2O. The Balaban J connectivity index is 2.07. The van der Waals surface area contributed by atoms with E-state index in [1.54, 1.807) is 12.1 Å². The van der Waals surface area contributed by atoms with Gasteiger partial charge in [-0.3, -0.25) is 4.90 Å². The third kappa shape index (κ3) is 2.65. The van der Waals surface area contributed by atoms with Gasteiger partial charge >= 0.3 is 0 Å². The largest absolute Gasteiger partial charge is 0.379 e. The fraction of sp³-hybridized carbons (Fsp3) is 0.538. The van der Waals surface area contributed by atoms with Gasteiger partial charge in [-0.25, -0.2) is 4.39 Å². The molecule has 1 atom stereocenters. The molecule has 0 aromatic heterocycles. The average Bonchev–Trinajstić information content (AvgIpc) is 2.78. The van der Waals surface area contributed by atoms with Crippen LogP contribution in [0.25, 0.3) is 0 Å². The molecule has 1 unspecified atom stereocenters. The first kappa shape index (κ1) is 12.5. The second-order valence-electron chi connectivity index (χ2n) is 4.72. The first-order valence-electron chi connectivity index (χ1n) is 5.90. The first-order valence-corrected chi connectivity index (χ1v) is 5.90. The molecule has 2 rings (SSSR count). The van der Waals surface area contributed by atoms with Crippen molar-refractivity contribution < 1.29 is 9.13 Å². The molecule has 1 aromatic rings. The predicted octanol–water partition coefficient (Wildman–Crippen LogP) is 1.38. The highest BCUT2D eigenvalue weighted by atomic mass is 19.1. The molecule has 1 fully saturated rings. The zero-order valence-electron chi connectivity index (χ0n) is 10.2. The Hall–Kier alpha value is -0.970. The van der Waals surface area contributed by atoms with E-state index >= 15 is 0 Å². The molecule has 17 heavy (non-hydrogen) atoms. The van der Waals surface area contributed by atoms with Crippen molar-refractivity contribution in [2.24, 2.45) is 5.73 Å². The number of likely N-dealkylation sites (N-methyl/N-ethyl adjacent to an activating group) is 1. The molecule has 0 amide bonds. The Kier molecular flexibility index (Phi) is 3.76.